The van der Waals surface area contributed by atoms with Gasteiger partial charge in [-0.15, -0.1) is 0 Å². The number of thiol groups is 1. The summed E-state index contributed by atoms with van der Waals surface area (Å²) in [7, 11) is 0. The lowest BCUT2D eigenvalue weighted by molar-refractivity contribution is 1.19. The first-order valence-corrected chi connectivity index (χ1v) is 4.87. The largest absolute Gasteiger partial charge is 0.397 e. The second-order valence-corrected chi connectivity index (χ2v) is 3.31. The molecular weight excluding hydrogens is 180 g/mol. The van der Waals surface area contributed by atoms with Crippen LogP contribution in [0, 0.1) is 6.92 Å². The first-order chi connectivity index (χ1) is 6.24. The lowest BCUT2D eigenvalue weighted by Gasteiger charge is -2.00. The topological polar surface area (TPSA) is 38.9 Å². The Morgan fingerprint density at radius 1 is 1.62 bits per heavy atom. The Kier molecular flexibility index (Phi) is 3.83. The third kappa shape index (κ3) is 3.11. The van der Waals surface area contributed by atoms with Gasteiger partial charge < -0.3 is 5.73 Å². The van der Waals surface area contributed by atoms with Gasteiger partial charge in [0.25, 0.3) is 0 Å². The molecule has 70 valence electrons. The standard InChI is InChI=1S/C10H14N2S/c1-8-9(4-2-3-5-13)6-10(11)7-12-8/h2,4,6-7,13H,3,5,11H2,1H3. The molecule has 3 heteroatoms. The van der Waals surface area contributed by atoms with Gasteiger partial charge in [-0.1, -0.05) is 12.2 Å². The lowest BCUT2D eigenvalue weighted by atomic mass is 10.1. The van der Waals surface area contributed by atoms with Crippen LogP contribution < -0.4 is 5.73 Å². The molecule has 1 rings (SSSR count). The van der Waals surface area contributed by atoms with Gasteiger partial charge in [0.05, 0.1) is 11.9 Å². The van der Waals surface area contributed by atoms with Crippen molar-refractivity contribution in [3.63, 3.8) is 0 Å². The highest BCUT2D eigenvalue weighted by molar-refractivity contribution is 7.80. The molecule has 0 aliphatic carbocycles. The maximum atomic E-state index is 5.62. The average Bonchev–Trinajstić information content (AvgIpc) is 2.11. The van der Waals surface area contributed by atoms with E-state index in [0.717, 1.165) is 23.4 Å². The normalized spacial score (nSPS) is 10.9. The fraction of sp³-hybridized carbons (Fsp3) is 0.300. The number of nitrogens with zero attached hydrogens (tertiary/aromatic N) is 1. The van der Waals surface area contributed by atoms with Crippen LogP contribution in [0.5, 0.6) is 0 Å². The van der Waals surface area contributed by atoms with Crippen molar-refractivity contribution in [3.05, 3.63) is 29.6 Å². The predicted molar refractivity (Wildman–Crippen MR) is 60.9 cm³/mol. The zero-order valence-electron chi connectivity index (χ0n) is 7.70. The minimum absolute atomic E-state index is 0.705. The van der Waals surface area contributed by atoms with E-state index < -0.39 is 0 Å². The third-order valence-electron chi connectivity index (χ3n) is 1.74. The van der Waals surface area contributed by atoms with E-state index in [1.54, 1.807) is 6.20 Å². The highest BCUT2D eigenvalue weighted by Gasteiger charge is 1.94. The zero-order valence-corrected chi connectivity index (χ0v) is 8.59. The molecule has 0 aliphatic heterocycles. The van der Waals surface area contributed by atoms with Crippen molar-refractivity contribution < 1.29 is 0 Å². The van der Waals surface area contributed by atoms with E-state index in [1.165, 1.54) is 0 Å². The van der Waals surface area contributed by atoms with Gasteiger partial charge in [0, 0.05) is 5.69 Å². The third-order valence-corrected chi connectivity index (χ3v) is 2.00. The molecule has 0 bridgehead atoms. The highest BCUT2D eigenvalue weighted by atomic mass is 32.1. The Morgan fingerprint density at radius 2 is 2.38 bits per heavy atom. The van der Waals surface area contributed by atoms with Gasteiger partial charge in [-0.2, -0.15) is 12.6 Å². The molecule has 0 spiro atoms. The van der Waals surface area contributed by atoms with Crippen LogP contribution in [0.3, 0.4) is 0 Å². The van der Waals surface area contributed by atoms with Gasteiger partial charge in [-0.3, -0.25) is 4.98 Å². The summed E-state index contributed by atoms with van der Waals surface area (Å²) in [5, 5.41) is 0. The number of nitrogens with two attached hydrogens (primary N) is 1. The quantitative estimate of drug-likeness (QED) is 0.725. The molecule has 0 amide bonds. The summed E-state index contributed by atoms with van der Waals surface area (Å²) in [5.74, 6) is 0.866. The number of aromatic nitrogens is 1. The van der Waals surface area contributed by atoms with E-state index in [2.05, 4.69) is 23.7 Å². The molecular formula is C10H14N2S. The van der Waals surface area contributed by atoms with Crippen LogP contribution >= 0.6 is 12.6 Å². The van der Waals surface area contributed by atoms with Crippen molar-refractivity contribution in [1.82, 2.24) is 4.98 Å². The molecule has 0 unspecified atom stereocenters. The predicted octanol–water partition coefficient (Wildman–Crippen LogP) is 2.31. The Bertz CT molecular complexity index is 308. The second kappa shape index (κ2) is 4.92. The molecule has 0 saturated heterocycles. The fourth-order valence-electron chi connectivity index (χ4n) is 1.02. The number of pyridine rings is 1. The molecule has 0 saturated carbocycles. The maximum Gasteiger partial charge on any atom is 0.0506 e. The summed E-state index contributed by atoms with van der Waals surface area (Å²) in [5.41, 5.74) is 8.41. The minimum Gasteiger partial charge on any atom is -0.397 e. The highest BCUT2D eigenvalue weighted by Crippen LogP contribution is 2.11. The summed E-state index contributed by atoms with van der Waals surface area (Å²) in [4.78, 5) is 4.16. The van der Waals surface area contributed by atoms with E-state index in [4.69, 9.17) is 5.73 Å². The van der Waals surface area contributed by atoms with Crippen LogP contribution in [0.2, 0.25) is 0 Å². The molecule has 13 heavy (non-hydrogen) atoms. The van der Waals surface area contributed by atoms with E-state index in [-0.39, 0.29) is 0 Å². The Hall–Kier alpha value is -0.960. The van der Waals surface area contributed by atoms with Gasteiger partial charge in [0.15, 0.2) is 0 Å². The molecule has 0 radical (unpaired) electrons. The van der Waals surface area contributed by atoms with Crippen LogP contribution in [0.25, 0.3) is 6.08 Å². The zero-order chi connectivity index (χ0) is 9.68. The van der Waals surface area contributed by atoms with E-state index in [9.17, 15) is 0 Å². The summed E-state index contributed by atoms with van der Waals surface area (Å²) >= 11 is 4.12. The van der Waals surface area contributed by atoms with Gasteiger partial charge in [-0.05, 0) is 30.7 Å². The first kappa shape index (κ1) is 10.1. The number of hydrogen-bond donors (Lipinski definition) is 2. The van der Waals surface area contributed by atoms with Crippen molar-refractivity contribution >= 4 is 24.4 Å². The summed E-state index contributed by atoms with van der Waals surface area (Å²) in [6.45, 7) is 1.97. The summed E-state index contributed by atoms with van der Waals surface area (Å²) in [6, 6.07) is 1.93. The second-order valence-electron chi connectivity index (χ2n) is 2.86. The Labute approximate surface area is 84.3 Å². The average molecular weight is 194 g/mol. The maximum absolute atomic E-state index is 5.62. The van der Waals surface area contributed by atoms with Crippen molar-refractivity contribution in [1.29, 1.82) is 0 Å². The number of hydrogen-bond acceptors (Lipinski definition) is 3. The molecule has 0 fully saturated rings. The van der Waals surface area contributed by atoms with Crippen LogP contribution in [-0.2, 0) is 0 Å². The molecule has 2 N–H and O–H groups in total. The van der Waals surface area contributed by atoms with Gasteiger partial charge in [-0.25, -0.2) is 0 Å². The molecule has 1 aromatic rings. The van der Waals surface area contributed by atoms with Gasteiger partial charge >= 0.3 is 0 Å². The molecule has 0 aliphatic rings. The van der Waals surface area contributed by atoms with Crippen molar-refractivity contribution in [2.75, 3.05) is 11.5 Å². The Balaban J connectivity index is 2.81. The molecule has 1 aromatic heterocycles. The summed E-state index contributed by atoms with van der Waals surface area (Å²) in [6.07, 6.45) is 6.76. The SMILES string of the molecule is Cc1ncc(N)cc1C=CCCS. The smallest absolute Gasteiger partial charge is 0.0506 e. The van der Waals surface area contributed by atoms with Crippen LogP contribution in [0.1, 0.15) is 17.7 Å². The van der Waals surface area contributed by atoms with Crippen molar-refractivity contribution in [2.45, 2.75) is 13.3 Å². The van der Waals surface area contributed by atoms with Crippen molar-refractivity contribution in [3.8, 4) is 0 Å². The molecule has 0 aromatic carbocycles. The Morgan fingerprint density at radius 3 is 3.08 bits per heavy atom. The molecule has 1 heterocycles. The summed E-state index contributed by atoms with van der Waals surface area (Å²) < 4.78 is 0. The van der Waals surface area contributed by atoms with E-state index in [0.29, 0.717) is 5.69 Å². The monoisotopic (exact) mass is 194 g/mol. The molecule has 0 atom stereocenters. The number of anilines is 1. The van der Waals surface area contributed by atoms with E-state index in [1.807, 2.05) is 19.1 Å². The number of nitrogen functional groups attached to an aromatic ring is 1. The molecule has 2 nitrogen and oxygen atoms in total. The van der Waals surface area contributed by atoms with Crippen molar-refractivity contribution in [2.24, 2.45) is 0 Å². The van der Waals surface area contributed by atoms with E-state index >= 15 is 0 Å². The lowest BCUT2D eigenvalue weighted by Crippen LogP contribution is -1.91. The van der Waals surface area contributed by atoms with Crippen LogP contribution in [0.15, 0.2) is 18.3 Å². The fourth-order valence-corrected chi connectivity index (χ4v) is 1.17. The van der Waals surface area contributed by atoms with Gasteiger partial charge in [0.2, 0.25) is 0 Å². The first-order valence-electron chi connectivity index (χ1n) is 4.23. The number of rotatable bonds is 3. The minimum atomic E-state index is 0.705. The number of aryl methyl sites for hydroxylation is 1. The van der Waals surface area contributed by atoms with Crippen LogP contribution in [-0.4, -0.2) is 10.7 Å². The van der Waals surface area contributed by atoms with Gasteiger partial charge in [0.1, 0.15) is 0 Å². The number of allylic oxidation sites excluding steroid dienone is 1. The van der Waals surface area contributed by atoms with Crippen LogP contribution in [0.4, 0.5) is 5.69 Å².